The molecule has 0 spiro atoms. The van der Waals surface area contributed by atoms with Gasteiger partial charge in [0, 0.05) is 25.7 Å². The van der Waals surface area contributed by atoms with Gasteiger partial charge in [0.1, 0.15) is 0 Å². The predicted molar refractivity (Wildman–Crippen MR) is 77.9 cm³/mol. The monoisotopic (exact) mass is 298 g/mol. The topological polar surface area (TPSA) is 78.9 Å². The Hall–Kier alpha value is -1.14. The minimum atomic E-state index is -0.767. The molecule has 2 rings (SSSR count). The first-order valence-corrected chi connectivity index (χ1v) is 7.74. The number of aliphatic carboxylic acids is 1. The Morgan fingerprint density at radius 1 is 1.38 bits per heavy atom. The van der Waals surface area contributed by atoms with Crippen LogP contribution in [0.2, 0.25) is 0 Å². The van der Waals surface area contributed by atoms with Crippen molar-refractivity contribution in [1.82, 2.24) is 10.2 Å². The van der Waals surface area contributed by atoms with Gasteiger partial charge in [-0.05, 0) is 31.6 Å². The third-order valence-corrected chi connectivity index (χ3v) is 4.37. The Bertz CT molecular complexity index is 378. The molecule has 2 N–H and O–H groups in total. The molecule has 0 aromatic heterocycles. The van der Waals surface area contributed by atoms with E-state index in [0.29, 0.717) is 18.6 Å². The number of ether oxygens (including phenoxy) is 1. The molecule has 0 heterocycles. The van der Waals surface area contributed by atoms with E-state index in [1.54, 1.807) is 7.11 Å². The molecule has 120 valence electrons. The molecule has 0 bridgehead atoms. The van der Waals surface area contributed by atoms with Crippen molar-refractivity contribution in [1.29, 1.82) is 0 Å². The molecule has 2 fully saturated rings. The summed E-state index contributed by atoms with van der Waals surface area (Å²) in [5, 5.41) is 12.0. The first kappa shape index (κ1) is 16.2. The summed E-state index contributed by atoms with van der Waals surface area (Å²) in [5.74, 6) is -0.209. The summed E-state index contributed by atoms with van der Waals surface area (Å²) in [6, 6.07) is 0.474. The molecule has 2 aliphatic rings. The number of rotatable bonds is 9. The summed E-state index contributed by atoms with van der Waals surface area (Å²) in [7, 11) is 1.59. The quantitative estimate of drug-likeness (QED) is 0.655. The minimum Gasteiger partial charge on any atom is -0.480 e. The van der Waals surface area contributed by atoms with Gasteiger partial charge in [-0.25, -0.2) is 0 Å². The van der Waals surface area contributed by atoms with Crippen molar-refractivity contribution in [2.24, 2.45) is 11.8 Å². The van der Waals surface area contributed by atoms with Crippen molar-refractivity contribution < 1.29 is 19.4 Å². The molecule has 0 aromatic rings. The molecular formula is C15H26N2O4. The second-order valence-corrected chi connectivity index (χ2v) is 6.45. The Morgan fingerprint density at radius 2 is 2.05 bits per heavy atom. The maximum atomic E-state index is 11.9. The standard InChI is InChI=1S/C15H26N2O4/c1-10(9-21-2)15(20)16-12-5-13(6-12)17(8-14(18)19)7-11-3-4-11/h10-13H,3-9H2,1-2H3,(H,16,20)(H,18,19). The summed E-state index contributed by atoms with van der Waals surface area (Å²) in [6.07, 6.45) is 4.14. The van der Waals surface area contributed by atoms with Crippen molar-refractivity contribution in [3.8, 4) is 0 Å². The third kappa shape index (κ3) is 4.97. The second-order valence-electron chi connectivity index (χ2n) is 6.45. The molecule has 0 saturated heterocycles. The van der Waals surface area contributed by atoms with E-state index in [4.69, 9.17) is 9.84 Å². The molecule has 1 atom stereocenters. The number of nitrogens with zero attached hydrogens (tertiary/aromatic N) is 1. The smallest absolute Gasteiger partial charge is 0.317 e. The number of carboxylic acid groups (broad SMARTS) is 1. The van der Waals surface area contributed by atoms with Crippen LogP contribution in [0.4, 0.5) is 0 Å². The number of hydrogen-bond donors (Lipinski definition) is 2. The molecule has 1 unspecified atom stereocenters. The van der Waals surface area contributed by atoms with Crippen LogP contribution in [-0.4, -0.2) is 60.8 Å². The first-order valence-electron chi connectivity index (χ1n) is 7.74. The van der Waals surface area contributed by atoms with Crippen molar-refractivity contribution in [3.05, 3.63) is 0 Å². The van der Waals surface area contributed by atoms with E-state index in [9.17, 15) is 9.59 Å². The molecule has 21 heavy (non-hydrogen) atoms. The maximum Gasteiger partial charge on any atom is 0.317 e. The number of carbonyl (C=O) groups excluding carboxylic acids is 1. The molecule has 6 heteroatoms. The second kappa shape index (κ2) is 7.22. The zero-order valence-electron chi connectivity index (χ0n) is 12.9. The Balaban J connectivity index is 1.72. The molecular weight excluding hydrogens is 272 g/mol. The number of nitrogens with one attached hydrogen (secondary N) is 1. The third-order valence-electron chi connectivity index (χ3n) is 4.37. The lowest BCUT2D eigenvalue weighted by Gasteiger charge is -2.43. The average molecular weight is 298 g/mol. The SMILES string of the molecule is COCC(C)C(=O)NC1CC(N(CC(=O)O)CC2CC2)C1. The van der Waals surface area contributed by atoms with Crippen LogP contribution in [0.3, 0.4) is 0 Å². The average Bonchev–Trinajstić information content (AvgIpc) is 3.15. The van der Waals surface area contributed by atoms with Crippen LogP contribution in [0, 0.1) is 11.8 Å². The molecule has 2 saturated carbocycles. The van der Waals surface area contributed by atoms with Gasteiger partial charge in [-0.3, -0.25) is 14.5 Å². The molecule has 1 amide bonds. The summed E-state index contributed by atoms with van der Waals surface area (Å²) in [6.45, 7) is 3.27. The van der Waals surface area contributed by atoms with Gasteiger partial charge in [0.2, 0.25) is 5.91 Å². The fourth-order valence-electron chi connectivity index (χ4n) is 2.82. The van der Waals surface area contributed by atoms with Gasteiger partial charge >= 0.3 is 5.97 Å². The Morgan fingerprint density at radius 3 is 2.57 bits per heavy atom. The van der Waals surface area contributed by atoms with Crippen LogP contribution in [-0.2, 0) is 14.3 Å². The zero-order valence-corrected chi connectivity index (χ0v) is 12.9. The Labute approximate surface area is 125 Å². The lowest BCUT2D eigenvalue weighted by Crippen LogP contribution is -2.56. The highest BCUT2D eigenvalue weighted by molar-refractivity contribution is 5.78. The van der Waals surface area contributed by atoms with E-state index in [2.05, 4.69) is 10.2 Å². The number of hydrogen-bond acceptors (Lipinski definition) is 4. The van der Waals surface area contributed by atoms with Gasteiger partial charge in [-0.15, -0.1) is 0 Å². The van der Waals surface area contributed by atoms with E-state index < -0.39 is 5.97 Å². The lowest BCUT2D eigenvalue weighted by molar-refractivity contribution is -0.140. The van der Waals surface area contributed by atoms with Crippen LogP contribution < -0.4 is 5.32 Å². The number of methoxy groups -OCH3 is 1. The normalized spacial score (nSPS) is 26.2. The van der Waals surface area contributed by atoms with E-state index in [1.807, 2.05) is 6.92 Å². The summed E-state index contributed by atoms with van der Waals surface area (Å²) >= 11 is 0. The van der Waals surface area contributed by atoms with Gasteiger partial charge < -0.3 is 15.2 Å². The highest BCUT2D eigenvalue weighted by Gasteiger charge is 2.38. The van der Waals surface area contributed by atoms with E-state index >= 15 is 0 Å². The van der Waals surface area contributed by atoms with E-state index in [0.717, 1.165) is 19.4 Å². The minimum absolute atomic E-state index is 0.0206. The largest absolute Gasteiger partial charge is 0.480 e. The molecule has 0 aromatic carbocycles. The van der Waals surface area contributed by atoms with Crippen LogP contribution in [0.5, 0.6) is 0 Å². The fraction of sp³-hybridized carbons (Fsp3) is 0.867. The molecule has 0 aliphatic heterocycles. The maximum absolute atomic E-state index is 11.9. The number of carbonyl (C=O) groups is 2. The first-order chi connectivity index (χ1) is 9.99. The van der Waals surface area contributed by atoms with E-state index in [-0.39, 0.29) is 24.4 Å². The van der Waals surface area contributed by atoms with Gasteiger partial charge in [0.05, 0.1) is 19.1 Å². The number of carboxylic acids is 1. The zero-order chi connectivity index (χ0) is 15.4. The van der Waals surface area contributed by atoms with Crippen molar-refractivity contribution in [3.63, 3.8) is 0 Å². The molecule has 2 aliphatic carbocycles. The van der Waals surface area contributed by atoms with Gasteiger partial charge in [-0.2, -0.15) is 0 Å². The number of amides is 1. The van der Waals surface area contributed by atoms with Crippen molar-refractivity contribution >= 4 is 11.9 Å². The predicted octanol–water partition coefficient (Wildman–Crippen LogP) is 0.713. The van der Waals surface area contributed by atoms with Crippen LogP contribution in [0.1, 0.15) is 32.6 Å². The van der Waals surface area contributed by atoms with Crippen molar-refractivity contribution in [2.75, 3.05) is 26.8 Å². The van der Waals surface area contributed by atoms with Crippen molar-refractivity contribution in [2.45, 2.75) is 44.7 Å². The highest BCUT2D eigenvalue weighted by atomic mass is 16.5. The highest BCUT2D eigenvalue weighted by Crippen LogP contribution is 2.33. The van der Waals surface area contributed by atoms with E-state index in [1.165, 1.54) is 12.8 Å². The van der Waals surface area contributed by atoms with Gasteiger partial charge in [0.15, 0.2) is 0 Å². The summed E-state index contributed by atoms with van der Waals surface area (Å²) in [5.41, 5.74) is 0. The summed E-state index contributed by atoms with van der Waals surface area (Å²) in [4.78, 5) is 24.9. The van der Waals surface area contributed by atoms with Crippen LogP contribution in [0.25, 0.3) is 0 Å². The van der Waals surface area contributed by atoms with Gasteiger partial charge in [0.25, 0.3) is 0 Å². The summed E-state index contributed by atoms with van der Waals surface area (Å²) < 4.78 is 4.98. The van der Waals surface area contributed by atoms with Gasteiger partial charge in [-0.1, -0.05) is 6.92 Å². The molecule has 0 radical (unpaired) electrons. The fourth-order valence-corrected chi connectivity index (χ4v) is 2.82. The Kier molecular flexibility index (Phi) is 5.58. The van der Waals surface area contributed by atoms with Crippen LogP contribution in [0.15, 0.2) is 0 Å². The lowest BCUT2D eigenvalue weighted by atomic mass is 9.85. The molecule has 6 nitrogen and oxygen atoms in total. The van der Waals surface area contributed by atoms with Crippen LogP contribution >= 0.6 is 0 Å².